The van der Waals surface area contributed by atoms with E-state index in [-0.39, 0.29) is 5.91 Å². The van der Waals surface area contributed by atoms with Crippen LogP contribution in [0.5, 0.6) is 5.75 Å². The summed E-state index contributed by atoms with van der Waals surface area (Å²) in [5.74, 6) is 0.423. The normalized spacial score (nSPS) is 15.8. The number of benzene rings is 2. The largest absolute Gasteiger partial charge is 0.479 e. The van der Waals surface area contributed by atoms with Crippen molar-refractivity contribution >= 4 is 17.5 Å². The van der Waals surface area contributed by atoms with E-state index in [0.29, 0.717) is 23.7 Å². The number of nitrogens with one attached hydrogen (secondary N) is 1. The topological polar surface area (TPSA) is 41.6 Å². The van der Waals surface area contributed by atoms with E-state index in [1.165, 1.54) is 24.8 Å². The number of ether oxygens (including phenoxy) is 1. The molecule has 1 aliphatic heterocycles. The van der Waals surface area contributed by atoms with Crippen LogP contribution in [-0.4, -0.2) is 30.0 Å². The summed E-state index contributed by atoms with van der Waals surface area (Å²) in [6, 6.07) is 15.6. The van der Waals surface area contributed by atoms with E-state index in [1.54, 1.807) is 12.1 Å². The SMILES string of the molecule is CC[C@H](Oc1ccccc1Cl)C(=O)NCc1ccccc1CN1CCCCC1. The maximum atomic E-state index is 12.7. The van der Waals surface area contributed by atoms with Gasteiger partial charge in [0.2, 0.25) is 0 Å². The standard InChI is InChI=1S/C23H29ClN2O2/c1-2-21(28-22-13-7-6-12-20(22)24)23(27)25-16-18-10-4-5-11-19(18)17-26-14-8-3-9-15-26/h4-7,10-13,21H,2-3,8-9,14-17H2,1H3,(H,25,27)/t21-/m0/s1. The number of piperidine rings is 1. The Morgan fingerprint density at radius 2 is 1.75 bits per heavy atom. The summed E-state index contributed by atoms with van der Waals surface area (Å²) < 4.78 is 5.84. The van der Waals surface area contributed by atoms with Crippen molar-refractivity contribution in [2.75, 3.05) is 13.1 Å². The molecule has 0 saturated carbocycles. The molecular weight excluding hydrogens is 372 g/mol. The van der Waals surface area contributed by atoms with E-state index in [9.17, 15) is 4.79 Å². The molecule has 0 spiro atoms. The number of para-hydroxylation sites is 1. The predicted molar refractivity (Wildman–Crippen MR) is 114 cm³/mol. The number of nitrogens with zero attached hydrogens (tertiary/aromatic N) is 1. The first kappa shape index (κ1) is 20.7. The molecule has 150 valence electrons. The molecule has 0 radical (unpaired) electrons. The molecule has 0 aliphatic carbocycles. The van der Waals surface area contributed by atoms with Crippen LogP contribution < -0.4 is 10.1 Å². The summed E-state index contributed by atoms with van der Waals surface area (Å²) >= 11 is 6.15. The molecule has 5 heteroatoms. The molecule has 28 heavy (non-hydrogen) atoms. The Bertz CT molecular complexity index is 775. The Labute approximate surface area is 172 Å². The Hall–Kier alpha value is -2.04. The predicted octanol–water partition coefficient (Wildman–Crippen LogP) is 4.80. The van der Waals surface area contributed by atoms with E-state index in [1.807, 2.05) is 25.1 Å². The summed E-state index contributed by atoms with van der Waals surface area (Å²) in [4.78, 5) is 15.2. The van der Waals surface area contributed by atoms with Gasteiger partial charge >= 0.3 is 0 Å². The number of carbonyl (C=O) groups excluding carboxylic acids is 1. The monoisotopic (exact) mass is 400 g/mol. The summed E-state index contributed by atoms with van der Waals surface area (Å²) in [6.45, 7) is 5.70. The molecule has 1 aliphatic rings. The highest BCUT2D eigenvalue weighted by Crippen LogP contribution is 2.25. The third kappa shape index (κ3) is 5.73. The molecule has 3 rings (SSSR count). The summed E-state index contributed by atoms with van der Waals surface area (Å²) in [7, 11) is 0. The summed E-state index contributed by atoms with van der Waals surface area (Å²) in [5.41, 5.74) is 2.44. The maximum Gasteiger partial charge on any atom is 0.261 e. The van der Waals surface area contributed by atoms with Crippen LogP contribution in [0.4, 0.5) is 0 Å². The van der Waals surface area contributed by atoms with Crippen LogP contribution in [0.2, 0.25) is 5.02 Å². The van der Waals surface area contributed by atoms with Crippen LogP contribution in [0.15, 0.2) is 48.5 Å². The van der Waals surface area contributed by atoms with Crippen molar-refractivity contribution in [3.8, 4) is 5.75 Å². The van der Waals surface area contributed by atoms with E-state index in [4.69, 9.17) is 16.3 Å². The molecule has 2 aromatic carbocycles. The Morgan fingerprint density at radius 1 is 1.07 bits per heavy atom. The lowest BCUT2D eigenvalue weighted by atomic mass is 10.0. The van der Waals surface area contributed by atoms with E-state index >= 15 is 0 Å². The van der Waals surface area contributed by atoms with E-state index in [2.05, 4.69) is 28.4 Å². The smallest absolute Gasteiger partial charge is 0.261 e. The Morgan fingerprint density at radius 3 is 2.46 bits per heavy atom. The third-order valence-electron chi connectivity index (χ3n) is 5.18. The summed E-state index contributed by atoms with van der Waals surface area (Å²) in [5, 5.41) is 3.56. The van der Waals surface area contributed by atoms with Gasteiger partial charge < -0.3 is 10.1 Å². The minimum atomic E-state index is -0.561. The third-order valence-corrected chi connectivity index (χ3v) is 5.50. The van der Waals surface area contributed by atoms with Crippen molar-refractivity contribution in [3.05, 3.63) is 64.7 Å². The molecule has 1 fully saturated rings. The summed E-state index contributed by atoms with van der Waals surface area (Å²) in [6.07, 6.45) is 3.89. The lowest BCUT2D eigenvalue weighted by Gasteiger charge is -2.27. The number of hydrogen-bond acceptors (Lipinski definition) is 3. The first-order valence-corrected chi connectivity index (χ1v) is 10.5. The molecule has 1 atom stereocenters. The maximum absolute atomic E-state index is 12.7. The minimum Gasteiger partial charge on any atom is -0.479 e. The fraction of sp³-hybridized carbons (Fsp3) is 0.435. The average Bonchev–Trinajstić information content (AvgIpc) is 2.73. The number of hydrogen-bond donors (Lipinski definition) is 1. The van der Waals surface area contributed by atoms with Gasteiger partial charge in [0, 0.05) is 13.1 Å². The quantitative estimate of drug-likeness (QED) is 0.692. The van der Waals surface area contributed by atoms with Gasteiger partial charge in [0.25, 0.3) is 5.91 Å². The van der Waals surface area contributed by atoms with Crippen molar-refractivity contribution in [3.63, 3.8) is 0 Å². The van der Waals surface area contributed by atoms with Crippen LogP contribution in [-0.2, 0) is 17.9 Å². The molecule has 0 unspecified atom stereocenters. The van der Waals surface area contributed by atoms with Gasteiger partial charge in [0.1, 0.15) is 5.75 Å². The lowest BCUT2D eigenvalue weighted by Crippen LogP contribution is -2.38. The highest BCUT2D eigenvalue weighted by Gasteiger charge is 2.20. The van der Waals surface area contributed by atoms with Gasteiger partial charge in [0.15, 0.2) is 6.10 Å². The minimum absolute atomic E-state index is 0.116. The second-order valence-corrected chi connectivity index (χ2v) is 7.68. The first-order valence-electron chi connectivity index (χ1n) is 10.2. The second-order valence-electron chi connectivity index (χ2n) is 7.27. The average molecular weight is 401 g/mol. The Kier molecular flexibility index (Phi) is 7.75. The molecule has 1 N–H and O–H groups in total. The highest BCUT2D eigenvalue weighted by molar-refractivity contribution is 6.32. The van der Waals surface area contributed by atoms with Gasteiger partial charge in [0.05, 0.1) is 5.02 Å². The zero-order valence-electron chi connectivity index (χ0n) is 16.5. The van der Waals surface area contributed by atoms with E-state index < -0.39 is 6.10 Å². The van der Waals surface area contributed by atoms with Gasteiger partial charge in [-0.1, -0.05) is 61.3 Å². The fourth-order valence-electron chi connectivity index (χ4n) is 3.55. The highest BCUT2D eigenvalue weighted by atomic mass is 35.5. The molecule has 1 heterocycles. The number of carbonyl (C=O) groups is 1. The van der Waals surface area contributed by atoms with Crippen molar-refractivity contribution in [2.45, 2.75) is 51.8 Å². The molecule has 0 bridgehead atoms. The molecule has 0 aromatic heterocycles. The van der Waals surface area contributed by atoms with Gasteiger partial charge in [-0.25, -0.2) is 0 Å². The second kappa shape index (κ2) is 10.5. The van der Waals surface area contributed by atoms with Crippen molar-refractivity contribution < 1.29 is 9.53 Å². The van der Waals surface area contributed by atoms with Crippen LogP contribution >= 0.6 is 11.6 Å². The number of halogens is 1. The van der Waals surface area contributed by atoms with Gasteiger partial charge in [-0.15, -0.1) is 0 Å². The zero-order valence-corrected chi connectivity index (χ0v) is 17.3. The number of likely N-dealkylation sites (tertiary alicyclic amines) is 1. The molecule has 1 amide bonds. The van der Waals surface area contributed by atoms with Crippen LogP contribution in [0.25, 0.3) is 0 Å². The van der Waals surface area contributed by atoms with Gasteiger partial charge in [-0.05, 0) is 55.6 Å². The number of rotatable bonds is 8. The molecule has 1 saturated heterocycles. The van der Waals surface area contributed by atoms with Gasteiger partial charge in [-0.3, -0.25) is 9.69 Å². The van der Waals surface area contributed by atoms with E-state index in [0.717, 1.165) is 25.2 Å². The molecule has 4 nitrogen and oxygen atoms in total. The first-order chi connectivity index (χ1) is 13.7. The van der Waals surface area contributed by atoms with Crippen LogP contribution in [0, 0.1) is 0 Å². The van der Waals surface area contributed by atoms with Crippen LogP contribution in [0.3, 0.4) is 0 Å². The van der Waals surface area contributed by atoms with Crippen LogP contribution in [0.1, 0.15) is 43.7 Å². The van der Waals surface area contributed by atoms with Crippen molar-refractivity contribution in [1.82, 2.24) is 10.2 Å². The number of amides is 1. The van der Waals surface area contributed by atoms with Gasteiger partial charge in [-0.2, -0.15) is 0 Å². The lowest BCUT2D eigenvalue weighted by molar-refractivity contribution is -0.128. The fourth-order valence-corrected chi connectivity index (χ4v) is 3.73. The van der Waals surface area contributed by atoms with Crippen molar-refractivity contribution in [1.29, 1.82) is 0 Å². The molecular formula is C23H29ClN2O2. The molecule has 2 aromatic rings. The van der Waals surface area contributed by atoms with Crippen molar-refractivity contribution in [2.24, 2.45) is 0 Å². The Balaban J connectivity index is 1.59. The zero-order chi connectivity index (χ0) is 19.8.